The van der Waals surface area contributed by atoms with Crippen LogP contribution in [0.25, 0.3) is 0 Å². The van der Waals surface area contributed by atoms with Gasteiger partial charge in [0.2, 0.25) is 0 Å². The Balaban J connectivity index is 1.68. The van der Waals surface area contributed by atoms with Crippen molar-refractivity contribution < 1.29 is 9.13 Å². The van der Waals surface area contributed by atoms with E-state index in [0.717, 1.165) is 11.3 Å². The van der Waals surface area contributed by atoms with Crippen LogP contribution in [0.15, 0.2) is 53.5 Å². The quantitative estimate of drug-likeness (QED) is 0.489. The van der Waals surface area contributed by atoms with E-state index in [0.29, 0.717) is 25.7 Å². The van der Waals surface area contributed by atoms with Gasteiger partial charge in [0.15, 0.2) is 5.96 Å². The van der Waals surface area contributed by atoms with Crippen LogP contribution in [0.3, 0.4) is 0 Å². The van der Waals surface area contributed by atoms with Crippen molar-refractivity contribution in [3.8, 4) is 5.75 Å². The first-order valence-electron chi connectivity index (χ1n) is 7.56. The molecule has 122 valence electrons. The first-order chi connectivity index (χ1) is 11.2. The molecule has 4 nitrogen and oxygen atoms in total. The Morgan fingerprint density at radius 2 is 1.74 bits per heavy atom. The molecule has 0 fully saturated rings. The molecule has 0 heterocycles. The standard InChI is InChI=1S/C18H22FN3O/c1-14-3-9-17(10-4-14)23-12-11-21-18(20-2)22-13-15-5-7-16(19)8-6-15/h3-10H,11-13H2,1-2H3,(H2,20,21,22). The minimum Gasteiger partial charge on any atom is -0.492 e. The summed E-state index contributed by atoms with van der Waals surface area (Å²) in [6.45, 7) is 3.80. The lowest BCUT2D eigenvalue weighted by atomic mass is 10.2. The summed E-state index contributed by atoms with van der Waals surface area (Å²) < 4.78 is 18.5. The molecule has 0 atom stereocenters. The molecule has 0 aromatic heterocycles. The van der Waals surface area contributed by atoms with Crippen LogP contribution in [-0.4, -0.2) is 26.2 Å². The monoisotopic (exact) mass is 315 g/mol. The molecule has 0 amide bonds. The average molecular weight is 315 g/mol. The predicted octanol–water partition coefficient (Wildman–Crippen LogP) is 2.88. The zero-order valence-corrected chi connectivity index (χ0v) is 13.5. The Bertz CT molecular complexity index is 624. The third-order valence-electron chi connectivity index (χ3n) is 3.28. The van der Waals surface area contributed by atoms with Crippen molar-refractivity contribution in [3.05, 3.63) is 65.5 Å². The molecule has 0 aliphatic carbocycles. The van der Waals surface area contributed by atoms with Crippen LogP contribution >= 0.6 is 0 Å². The lowest BCUT2D eigenvalue weighted by molar-refractivity contribution is 0.322. The number of nitrogens with zero attached hydrogens (tertiary/aromatic N) is 1. The molecule has 0 aliphatic heterocycles. The predicted molar refractivity (Wildman–Crippen MR) is 91.3 cm³/mol. The highest BCUT2D eigenvalue weighted by Gasteiger charge is 1.99. The molecule has 0 unspecified atom stereocenters. The number of halogens is 1. The van der Waals surface area contributed by atoms with Crippen molar-refractivity contribution in [1.82, 2.24) is 10.6 Å². The molecular weight excluding hydrogens is 293 g/mol. The molecule has 23 heavy (non-hydrogen) atoms. The van der Waals surface area contributed by atoms with Gasteiger partial charge in [-0.2, -0.15) is 0 Å². The van der Waals surface area contributed by atoms with Gasteiger partial charge in [-0.05, 0) is 36.8 Å². The summed E-state index contributed by atoms with van der Waals surface area (Å²) in [6, 6.07) is 14.3. The Kier molecular flexibility index (Phi) is 6.41. The zero-order chi connectivity index (χ0) is 16.5. The second kappa shape index (κ2) is 8.78. The van der Waals surface area contributed by atoms with Gasteiger partial charge in [0, 0.05) is 13.6 Å². The maximum absolute atomic E-state index is 12.8. The SMILES string of the molecule is CN=C(NCCOc1ccc(C)cc1)NCc1ccc(F)cc1. The van der Waals surface area contributed by atoms with E-state index in [1.807, 2.05) is 31.2 Å². The molecule has 2 aromatic carbocycles. The summed E-state index contributed by atoms with van der Waals surface area (Å²) in [4.78, 5) is 4.14. The molecule has 2 N–H and O–H groups in total. The van der Waals surface area contributed by atoms with Gasteiger partial charge in [-0.25, -0.2) is 4.39 Å². The summed E-state index contributed by atoms with van der Waals surface area (Å²) in [5.74, 6) is 1.30. The first-order valence-corrected chi connectivity index (χ1v) is 7.56. The third kappa shape index (κ3) is 5.98. The Labute approximate surface area is 136 Å². The van der Waals surface area contributed by atoms with Gasteiger partial charge >= 0.3 is 0 Å². The van der Waals surface area contributed by atoms with Gasteiger partial charge in [-0.15, -0.1) is 0 Å². The molecule has 2 rings (SSSR count). The minimum absolute atomic E-state index is 0.232. The number of aliphatic imine (C=N–C) groups is 1. The van der Waals surface area contributed by atoms with Crippen LogP contribution in [0.4, 0.5) is 4.39 Å². The van der Waals surface area contributed by atoms with E-state index in [9.17, 15) is 4.39 Å². The smallest absolute Gasteiger partial charge is 0.191 e. The summed E-state index contributed by atoms with van der Waals surface area (Å²) in [5.41, 5.74) is 2.20. The highest BCUT2D eigenvalue weighted by Crippen LogP contribution is 2.10. The van der Waals surface area contributed by atoms with Crippen LogP contribution in [-0.2, 0) is 6.54 Å². The molecule has 0 spiro atoms. The maximum Gasteiger partial charge on any atom is 0.191 e. The number of rotatable bonds is 6. The molecule has 0 radical (unpaired) electrons. The largest absolute Gasteiger partial charge is 0.492 e. The molecule has 0 saturated carbocycles. The van der Waals surface area contributed by atoms with Crippen molar-refractivity contribution in [2.75, 3.05) is 20.2 Å². The van der Waals surface area contributed by atoms with E-state index in [1.165, 1.54) is 17.7 Å². The van der Waals surface area contributed by atoms with E-state index in [-0.39, 0.29) is 5.82 Å². The van der Waals surface area contributed by atoms with Gasteiger partial charge in [0.05, 0.1) is 6.54 Å². The molecule has 0 aliphatic rings. The highest BCUT2D eigenvalue weighted by molar-refractivity contribution is 5.79. The second-order valence-corrected chi connectivity index (χ2v) is 5.14. The minimum atomic E-state index is -0.232. The summed E-state index contributed by atoms with van der Waals surface area (Å²) >= 11 is 0. The van der Waals surface area contributed by atoms with Gasteiger partial charge in [-0.1, -0.05) is 29.8 Å². The summed E-state index contributed by atoms with van der Waals surface area (Å²) in [5, 5.41) is 6.34. The number of ether oxygens (including phenoxy) is 1. The molecule has 0 bridgehead atoms. The molecular formula is C18H22FN3O. The van der Waals surface area contributed by atoms with Crippen LogP contribution < -0.4 is 15.4 Å². The zero-order valence-electron chi connectivity index (χ0n) is 13.5. The Morgan fingerprint density at radius 3 is 2.39 bits per heavy atom. The fraction of sp³-hybridized carbons (Fsp3) is 0.278. The van der Waals surface area contributed by atoms with Crippen LogP contribution in [0.5, 0.6) is 5.75 Å². The van der Waals surface area contributed by atoms with Crippen molar-refractivity contribution in [2.24, 2.45) is 4.99 Å². The Hall–Kier alpha value is -2.56. The van der Waals surface area contributed by atoms with Crippen LogP contribution in [0.1, 0.15) is 11.1 Å². The van der Waals surface area contributed by atoms with Crippen molar-refractivity contribution in [1.29, 1.82) is 0 Å². The average Bonchev–Trinajstić information content (AvgIpc) is 2.57. The van der Waals surface area contributed by atoms with Gasteiger partial charge in [-0.3, -0.25) is 4.99 Å². The number of hydrogen-bond donors (Lipinski definition) is 2. The summed E-state index contributed by atoms with van der Waals surface area (Å²) in [6.07, 6.45) is 0. The Morgan fingerprint density at radius 1 is 1.04 bits per heavy atom. The van der Waals surface area contributed by atoms with Gasteiger partial charge in [0.1, 0.15) is 18.2 Å². The lowest BCUT2D eigenvalue weighted by Crippen LogP contribution is -2.38. The summed E-state index contributed by atoms with van der Waals surface area (Å²) in [7, 11) is 1.71. The number of hydrogen-bond acceptors (Lipinski definition) is 2. The fourth-order valence-electron chi connectivity index (χ4n) is 1.98. The normalized spacial score (nSPS) is 11.2. The van der Waals surface area contributed by atoms with Crippen molar-refractivity contribution in [3.63, 3.8) is 0 Å². The van der Waals surface area contributed by atoms with Crippen LogP contribution in [0, 0.1) is 12.7 Å². The van der Waals surface area contributed by atoms with E-state index < -0.39 is 0 Å². The van der Waals surface area contributed by atoms with E-state index >= 15 is 0 Å². The number of guanidine groups is 1. The second-order valence-electron chi connectivity index (χ2n) is 5.14. The third-order valence-corrected chi connectivity index (χ3v) is 3.28. The first kappa shape index (κ1) is 16.8. The molecule has 0 saturated heterocycles. The van der Waals surface area contributed by atoms with Crippen molar-refractivity contribution in [2.45, 2.75) is 13.5 Å². The van der Waals surface area contributed by atoms with Gasteiger partial charge in [0.25, 0.3) is 0 Å². The number of nitrogens with one attached hydrogen (secondary N) is 2. The van der Waals surface area contributed by atoms with Crippen molar-refractivity contribution >= 4 is 5.96 Å². The maximum atomic E-state index is 12.8. The number of aryl methyl sites for hydroxylation is 1. The molecule has 2 aromatic rings. The lowest BCUT2D eigenvalue weighted by Gasteiger charge is -2.12. The van der Waals surface area contributed by atoms with E-state index in [1.54, 1.807) is 19.2 Å². The van der Waals surface area contributed by atoms with Gasteiger partial charge < -0.3 is 15.4 Å². The van der Waals surface area contributed by atoms with E-state index in [4.69, 9.17) is 4.74 Å². The topological polar surface area (TPSA) is 45.7 Å². The fourth-order valence-corrected chi connectivity index (χ4v) is 1.98. The van der Waals surface area contributed by atoms with Crippen LogP contribution in [0.2, 0.25) is 0 Å². The molecule has 5 heteroatoms. The number of benzene rings is 2. The highest BCUT2D eigenvalue weighted by atomic mass is 19.1. The van der Waals surface area contributed by atoms with E-state index in [2.05, 4.69) is 15.6 Å².